The standard InChI is InChI=1S/C33H40O14/c1-15(2)9-26(37)47-31-28(38)16(3)43-32(30(31)40)42-14-20-11-23(36)29(39)33(45-20)44-19-10-21(34)27-22(35)13-24(46-25(27)12-19)17-5-7-18(41-4)8-6-17/h5-8,10,12-13,15-16,20,23,28-34,36,38-40H,9,11,14H2,1-4H3/t16-,20-,23+,28+,29-,30-,31-,32-,33-/m1/s1. The molecule has 0 spiro atoms. The Kier molecular flexibility index (Phi) is 10.7. The van der Waals surface area contributed by atoms with Crippen LogP contribution in [-0.2, 0) is 23.7 Å². The van der Waals surface area contributed by atoms with Gasteiger partial charge in [0.05, 0.1) is 32.0 Å². The van der Waals surface area contributed by atoms with E-state index < -0.39 is 72.5 Å². The molecule has 14 heteroatoms. The number of esters is 1. The highest BCUT2D eigenvalue weighted by molar-refractivity contribution is 5.86. The van der Waals surface area contributed by atoms with Gasteiger partial charge >= 0.3 is 5.97 Å². The summed E-state index contributed by atoms with van der Waals surface area (Å²) in [5.74, 6) is -0.182. The van der Waals surface area contributed by atoms with Gasteiger partial charge in [-0.1, -0.05) is 13.8 Å². The Bertz CT molecular complexity index is 1590. The van der Waals surface area contributed by atoms with Gasteiger partial charge in [-0.2, -0.15) is 0 Å². The molecule has 3 aromatic rings. The van der Waals surface area contributed by atoms with Crippen LogP contribution in [0, 0.1) is 5.92 Å². The Morgan fingerprint density at radius 2 is 1.68 bits per heavy atom. The van der Waals surface area contributed by atoms with Gasteiger partial charge in [0.1, 0.15) is 52.3 Å². The number of carbonyl (C=O) groups is 1. The molecule has 47 heavy (non-hydrogen) atoms. The summed E-state index contributed by atoms with van der Waals surface area (Å²) in [7, 11) is 1.53. The van der Waals surface area contributed by atoms with E-state index in [2.05, 4.69) is 0 Å². The fourth-order valence-corrected chi connectivity index (χ4v) is 5.47. The van der Waals surface area contributed by atoms with Crippen LogP contribution in [-0.4, -0.2) is 101 Å². The van der Waals surface area contributed by atoms with Crippen molar-refractivity contribution in [1.29, 1.82) is 0 Å². The van der Waals surface area contributed by atoms with Crippen molar-refractivity contribution in [1.82, 2.24) is 0 Å². The zero-order valence-electron chi connectivity index (χ0n) is 26.3. The van der Waals surface area contributed by atoms with Crippen molar-refractivity contribution < 1.29 is 63.2 Å². The second-order valence-corrected chi connectivity index (χ2v) is 12.1. The number of aliphatic hydroxyl groups is 4. The van der Waals surface area contributed by atoms with Gasteiger partial charge in [0.25, 0.3) is 0 Å². The van der Waals surface area contributed by atoms with Gasteiger partial charge in [0.2, 0.25) is 6.29 Å². The number of carbonyl (C=O) groups excluding carboxylic acids is 1. The summed E-state index contributed by atoms with van der Waals surface area (Å²) < 4.78 is 39.5. The number of benzene rings is 2. The highest BCUT2D eigenvalue weighted by Gasteiger charge is 2.47. The lowest BCUT2D eigenvalue weighted by atomic mass is 9.99. The second kappa shape index (κ2) is 14.6. The molecule has 3 heterocycles. The molecule has 2 fully saturated rings. The number of hydrogen-bond donors (Lipinski definition) is 5. The molecular weight excluding hydrogens is 620 g/mol. The fourth-order valence-electron chi connectivity index (χ4n) is 5.47. The minimum atomic E-state index is -1.53. The van der Waals surface area contributed by atoms with E-state index in [1.807, 2.05) is 13.8 Å². The molecular formula is C33H40O14. The average molecular weight is 661 g/mol. The lowest BCUT2D eigenvalue weighted by Crippen LogP contribution is -2.59. The smallest absolute Gasteiger partial charge is 0.306 e. The van der Waals surface area contributed by atoms with Crippen molar-refractivity contribution in [3.05, 3.63) is 52.7 Å². The number of phenols is 1. The Morgan fingerprint density at radius 1 is 0.957 bits per heavy atom. The summed E-state index contributed by atoms with van der Waals surface area (Å²) in [6, 6.07) is 10.6. The Labute approximate surface area is 270 Å². The third-order valence-electron chi connectivity index (χ3n) is 7.98. The number of aliphatic hydroxyl groups excluding tert-OH is 4. The average Bonchev–Trinajstić information content (AvgIpc) is 3.02. The summed E-state index contributed by atoms with van der Waals surface area (Å²) in [6.45, 7) is 4.96. The predicted molar refractivity (Wildman–Crippen MR) is 164 cm³/mol. The molecule has 0 aliphatic carbocycles. The summed E-state index contributed by atoms with van der Waals surface area (Å²) in [5, 5.41) is 53.1. The van der Waals surface area contributed by atoms with Gasteiger partial charge in [-0.05, 0) is 37.1 Å². The van der Waals surface area contributed by atoms with Crippen LogP contribution in [0.15, 0.2) is 51.7 Å². The summed E-state index contributed by atoms with van der Waals surface area (Å²) in [6.07, 6.45) is -11.4. The van der Waals surface area contributed by atoms with Crippen LogP contribution in [0.4, 0.5) is 0 Å². The van der Waals surface area contributed by atoms with E-state index >= 15 is 0 Å². The van der Waals surface area contributed by atoms with Crippen molar-refractivity contribution in [2.24, 2.45) is 5.92 Å². The maximum atomic E-state index is 12.9. The topological polar surface area (TPSA) is 204 Å². The van der Waals surface area contributed by atoms with Crippen LogP contribution >= 0.6 is 0 Å². The zero-order valence-corrected chi connectivity index (χ0v) is 26.3. The molecule has 5 N–H and O–H groups in total. The largest absolute Gasteiger partial charge is 0.507 e. The molecule has 2 aliphatic heterocycles. The molecule has 0 bridgehead atoms. The van der Waals surface area contributed by atoms with Crippen molar-refractivity contribution in [3.63, 3.8) is 0 Å². The summed E-state index contributed by atoms with van der Waals surface area (Å²) >= 11 is 0. The SMILES string of the molecule is COc1ccc(-c2cc(=O)c3c(O)cc(O[C@@H]4O[C@@H](CO[C@@H]5O[C@H](C)[C@H](O)[C@@H](OC(=O)CC(C)C)[C@H]5O)C[C@H](O)[C@H]4O)cc3o2)cc1. The third-order valence-corrected chi connectivity index (χ3v) is 7.98. The Hall–Kier alpha value is -3.76. The maximum absolute atomic E-state index is 12.9. The number of phenolic OH excluding ortho intramolecular Hbond substituents is 1. The molecule has 14 nitrogen and oxygen atoms in total. The van der Waals surface area contributed by atoms with Crippen LogP contribution in [0.3, 0.4) is 0 Å². The minimum Gasteiger partial charge on any atom is -0.507 e. The molecule has 0 unspecified atom stereocenters. The van der Waals surface area contributed by atoms with Crippen molar-refractivity contribution in [2.45, 2.75) is 88.9 Å². The first-order chi connectivity index (χ1) is 22.3. The first kappa shape index (κ1) is 34.6. The van der Waals surface area contributed by atoms with Gasteiger partial charge in [-0.3, -0.25) is 9.59 Å². The van der Waals surface area contributed by atoms with E-state index in [0.717, 1.165) is 6.07 Å². The van der Waals surface area contributed by atoms with E-state index in [1.54, 1.807) is 24.3 Å². The van der Waals surface area contributed by atoms with E-state index in [-0.39, 0.29) is 47.8 Å². The molecule has 0 radical (unpaired) electrons. The summed E-state index contributed by atoms with van der Waals surface area (Å²) in [4.78, 5) is 25.1. The molecule has 256 valence electrons. The van der Waals surface area contributed by atoms with E-state index in [9.17, 15) is 35.1 Å². The van der Waals surface area contributed by atoms with Gasteiger partial charge in [0.15, 0.2) is 17.8 Å². The zero-order chi connectivity index (χ0) is 34.0. The number of fused-ring (bicyclic) bond motifs is 1. The molecule has 2 aliphatic rings. The van der Waals surface area contributed by atoms with Crippen LogP contribution in [0.25, 0.3) is 22.3 Å². The molecule has 1 aromatic heterocycles. The monoisotopic (exact) mass is 660 g/mol. The summed E-state index contributed by atoms with van der Waals surface area (Å²) in [5.41, 5.74) is 0.102. The first-order valence-corrected chi connectivity index (χ1v) is 15.3. The molecule has 9 atom stereocenters. The molecule has 0 amide bonds. The highest BCUT2D eigenvalue weighted by atomic mass is 16.7. The molecule has 5 rings (SSSR count). The number of hydrogen-bond acceptors (Lipinski definition) is 14. The van der Waals surface area contributed by atoms with Gasteiger partial charge < -0.3 is 58.4 Å². The third kappa shape index (κ3) is 7.87. The normalized spacial score (nSPS) is 29.5. The molecule has 2 aromatic carbocycles. The second-order valence-electron chi connectivity index (χ2n) is 12.1. The van der Waals surface area contributed by atoms with Gasteiger partial charge in [-0.15, -0.1) is 0 Å². The lowest BCUT2D eigenvalue weighted by Gasteiger charge is -2.42. The van der Waals surface area contributed by atoms with E-state index in [4.69, 9.17) is 32.8 Å². The van der Waals surface area contributed by atoms with Crippen molar-refractivity contribution in [3.8, 4) is 28.6 Å². The van der Waals surface area contributed by atoms with E-state index in [1.165, 1.54) is 26.2 Å². The van der Waals surface area contributed by atoms with Crippen LogP contribution in [0.2, 0.25) is 0 Å². The molecule has 0 saturated carbocycles. The molecule has 2 saturated heterocycles. The number of methoxy groups -OCH3 is 1. The van der Waals surface area contributed by atoms with Crippen LogP contribution < -0.4 is 14.9 Å². The van der Waals surface area contributed by atoms with Crippen LogP contribution in [0.1, 0.15) is 33.6 Å². The number of aromatic hydroxyl groups is 1. The van der Waals surface area contributed by atoms with Crippen molar-refractivity contribution >= 4 is 16.9 Å². The number of ether oxygens (including phenoxy) is 6. The first-order valence-electron chi connectivity index (χ1n) is 15.3. The predicted octanol–water partition coefficient (Wildman–Crippen LogP) is 1.83. The maximum Gasteiger partial charge on any atom is 0.306 e. The van der Waals surface area contributed by atoms with Gasteiger partial charge in [0, 0.05) is 36.6 Å². The lowest BCUT2D eigenvalue weighted by molar-refractivity contribution is -0.309. The Morgan fingerprint density at radius 3 is 2.36 bits per heavy atom. The fraction of sp³-hybridized carbons (Fsp3) is 0.515. The van der Waals surface area contributed by atoms with E-state index in [0.29, 0.717) is 11.3 Å². The van der Waals surface area contributed by atoms with Crippen molar-refractivity contribution in [2.75, 3.05) is 13.7 Å². The Balaban J connectivity index is 1.28. The minimum absolute atomic E-state index is 0.00689. The quantitative estimate of drug-likeness (QED) is 0.197. The number of rotatable bonds is 10. The van der Waals surface area contributed by atoms with Crippen LogP contribution in [0.5, 0.6) is 17.2 Å². The van der Waals surface area contributed by atoms with Gasteiger partial charge in [-0.25, -0.2) is 0 Å². The highest BCUT2D eigenvalue weighted by Crippen LogP contribution is 2.34.